The number of allylic oxidation sites excluding steroid dienone is 16. The van der Waals surface area contributed by atoms with Gasteiger partial charge in [-0.3, -0.25) is 9.59 Å². The van der Waals surface area contributed by atoms with Gasteiger partial charge in [0.25, 0.3) is 6.29 Å². The van der Waals surface area contributed by atoms with Crippen molar-refractivity contribution in [3.8, 4) is 0 Å². The average molecular weight is 895 g/mol. The topological polar surface area (TPSA) is 108 Å². The lowest BCUT2D eigenvalue weighted by Crippen LogP contribution is -2.40. The number of ether oxygens (including phenoxy) is 4. The molecule has 9 nitrogen and oxygen atoms in total. The predicted octanol–water partition coefficient (Wildman–Crippen LogP) is 13.8. The molecule has 0 saturated carbocycles. The van der Waals surface area contributed by atoms with Crippen LogP contribution in [0.1, 0.15) is 174 Å². The van der Waals surface area contributed by atoms with Crippen LogP contribution in [0.25, 0.3) is 0 Å². The Balaban J connectivity index is 4.47. The quantitative estimate of drug-likeness (QED) is 0.0212. The molecule has 0 aromatic rings. The van der Waals surface area contributed by atoms with Crippen LogP contribution in [0.3, 0.4) is 0 Å². The summed E-state index contributed by atoms with van der Waals surface area (Å²) in [4.78, 5) is 37.2. The molecule has 0 fully saturated rings. The largest absolute Gasteiger partial charge is 0.477 e. The summed E-state index contributed by atoms with van der Waals surface area (Å²) in [6, 6.07) is 0. The number of hydrogen-bond donors (Lipinski definition) is 1. The van der Waals surface area contributed by atoms with Crippen molar-refractivity contribution in [1.29, 1.82) is 0 Å². The van der Waals surface area contributed by atoms with Crippen LogP contribution >= 0.6 is 0 Å². The summed E-state index contributed by atoms with van der Waals surface area (Å²) in [6.07, 6.45) is 57.5. The van der Waals surface area contributed by atoms with Gasteiger partial charge in [0.2, 0.25) is 0 Å². The summed E-state index contributed by atoms with van der Waals surface area (Å²) >= 11 is 0. The molecule has 0 bridgehead atoms. The minimum Gasteiger partial charge on any atom is -0.477 e. The van der Waals surface area contributed by atoms with Crippen LogP contribution in [0.15, 0.2) is 97.2 Å². The van der Waals surface area contributed by atoms with Crippen molar-refractivity contribution in [2.45, 2.75) is 187 Å². The van der Waals surface area contributed by atoms with Crippen molar-refractivity contribution in [2.75, 3.05) is 47.5 Å². The molecule has 0 saturated heterocycles. The molecule has 0 aliphatic rings. The van der Waals surface area contributed by atoms with E-state index in [2.05, 4.69) is 111 Å². The maximum absolute atomic E-state index is 12.8. The number of aliphatic carboxylic acids is 1. The van der Waals surface area contributed by atoms with E-state index in [9.17, 15) is 19.5 Å². The molecule has 0 radical (unpaired) electrons. The van der Waals surface area contributed by atoms with Crippen molar-refractivity contribution in [3.63, 3.8) is 0 Å². The molecule has 0 rings (SSSR count). The second-order valence-electron chi connectivity index (χ2n) is 17.4. The minimum absolute atomic E-state index is 0.174. The normalized spacial score (nSPS) is 13.7. The van der Waals surface area contributed by atoms with Crippen molar-refractivity contribution in [1.82, 2.24) is 0 Å². The molecule has 2 unspecified atom stereocenters. The molecule has 364 valence electrons. The van der Waals surface area contributed by atoms with Gasteiger partial charge in [-0.2, -0.15) is 0 Å². The van der Waals surface area contributed by atoms with E-state index in [-0.39, 0.29) is 38.6 Å². The van der Waals surface area contributed by atoms with Gasteiger partial charge in [-0.15, -0.1) is 0 Å². The highest BCUT2D eigenvalue weighted by Crippen LogP contribution is 2.12. The van der Waals surface area contributed by atoms with Crippen molar-refractivity contribution < 1.29 is 42.9 Å². The van der Waals surface area contributed by atoms with E-state index >= 15 is 0 Å². The Hall–Kier alpha value is -3.79. The van der Waals surface area contributed by atoms with Gasteiger partial charge in [0.05, 0.1) is 34.4 Å². The third-order valence-electron chi connectivity index (χ3n) is 10.1. The van der Waals surface area contributed by atoms with Crippen LogP contribution in [-0.2, 0) is 33.3 Å². The molecule has 0 aromatic heterocycles. The van der Waals surface area contributed by atoms with E-state index in [4.69, 9.17) is 18.9 Å². The zero-order chi connectivity index (χ0) is 47.0. The van der Waals surface area contributed by atoms with Gasteiger partial charge in [-0.25, -0.2) is 4.79 Å². The molecule has 0 spiro atoms. The zero-order valence-corrected chi connectivity index (χ0v) is 41.2. The van der Waals surface area contributed by atoms with Crippen molar-refractivity contribution >= 4 is 17.9 Å². The number of carbonyl (C=O) groups excluding carboxylic acids is 2. The van der Waals surface area contributed by atoms with E-state index in [1.54, 1.807) is 0 Å². The molecule has 9 heteroatoms. The fourth-order valence-corrected chi connectivity index (χ4v) is 6.22. The lowest BCUT2D eigenvalue weighted by atomic mass is 10.1. The van der Waals surface area contributed by atoms with Crippen LogP contribution in [0.2, 0.25) is 0 Å². The number of carbonyl (C=O) groups is 3. The monoisotopic (exact) mass is 895 g/mol. The van der Waals surface area contributed by atoms with Crippen molar-refractivity contribution in [2.24, 2.45) is 0 Å². The second kappa shape index (κ2) is 45.8. The summed E-state index contributed by atoms with van der Waals surface area (Å²) in [6.45, 7) is 4.67. The van der Waals surface area contributed by atoms with E-state index < -0.39 is 24.3 Å². The molecular formula is C55H92NO8+. The Kier molecular flexibility index (Phi) is 43.1. The first-order chi connectivity index (χ1) is 31.1. The van der Waals surface area contributed by atoms with E-state index in [1.165, 1.54) is 32.1 Å². The summed E-state index contributed by atoms with van der Waals surface area (Å²) in [7, 11) is 5.94. The van der Waals surface area contributed by atoms with Gasteiger partial charge in [0, 0.05) is 12.8 Å². The smallest absolute Gasteiger partial charge is 0.361 e. The maximum Gasteiger partial charge on any atom is 0.361 e. The Labute approximate surface area is 391 Å². The van der Waals surface area contributed by atoms with Crippen molar-refractivity contribution in [3.05, 3.63) is 97.2 Å². The third-order valence-corrected chi connectivity index (χ3v) is 10.1. The Morgan fingerprint density at radius 3 is 1.33 bits per heavy atom. The van der Waals surface area contributed by atoms with Crippen LogP contribution in [0.4, 0.5) is 0 Å². The lowest BCUT2D eigenvalue weighted by Gasteiger charge is -2.25. The first-order valence-corrected chi connectivity index (χ1v) is 24.9. The van der Waals surface area contributed by atoms with Crippen LogP contribution in [-0.4, -0.2) is 87.4 Å². The number of unbranched alkanes of at least 4 members (excludes halogenated alkanes) is 13. The fourth-order valence-electron chi connectivity index (χ4n) is 6.22. The molecule has 2 atom stereocenters. The number of nitrogens with zero attached hydrogens (tertiary/aromatic N) is 1. The van der Waals surface area contributed by atoms with Gasteiger partial charge in [0.15, 0.2) is 6.10 Å². The second-order valence-corrected chi connectivity index (χ2v) is 17.4. The van der Waals surface area contributed by atoms with E-state index in [0.717, 1.165) is 109 Å². The lowest BCUT2D eigenvalue weighted by molar-refractivity contribution is -0.870. The number of quaternary nitrogens is 1. The SMILES string of the molecule is CC/C=C\C/C=C\C/C=C\C/C=C\C/C=C\C/C=C\CCCCCCC(=O)OC(COC(=O)CCCCCCC/C=C\C/C=C\CCCCCC)COC(OCC[N+](C)(C)C)C(=O)O. The molecule has 0 heterocycles. The average Bonchev–Trinajstić information content (AvgIpc) is 3.26. The Morgan fingerprint density at radius 2 is 0.891 bits per heavy atom. The van der Waals surface area contributed by atoms with Gasteiger partial charge in [0.1, 0.15) is 13.2 Å². The number of rotatable bonds is 44. The van der Waals surface area contributed by atoms with Crippen LogP contribution in [0, 0.1) is 0 Å². The summed E-state index contributed by atoms with van der Waals surface area (Å²) in [5.41, 5.74) is 0. The fraction of sp³-hybridized carbons (Fsp3) is 0.655. The number of esters is 2. The highest BCUT2D eigenvalue weighted by Gasteiger charge is 2.25. The first kappa shape index (κ1) is 60.2. The molecule has 64 heavy (non-hydrogen) atoms. The number of carboxylic acids is 1. The highest BCUT2D eigenvalue weighted by molar-refractivity contribution is 5.71. The van der Waals surface area contributed by atoms with Gasteiger partial charge < -0.3 is 28.5 Å². The Bertz CT molecular complexity index is 1370. The highest BCUT2D eigenvalue weighted by atomic mass is 16.7. The maximum atomic E-state index is 12.8. The van der Waals surface area contributed by atoms with Crippen LogP contribution < -0.4 is 0 Å². The standard InChI is InChI=1S/C55H91NO8/c1-6-8-10-12-14-16-18-20-22-24-25-26-27-28-29-30-32-34-36-38-40-42-44-46-53(58)64-51(50-63-55(54(59)60)61-48-47-56(3,4)5)49-62-52(57)45-43-41-39-37-35-33-31-23-21-19-17-15-13-11-9-7-2/h8,10,14,16-17,19-20,22-23,25-26,28-29,31-32,34,51,55H,6-7,9,11-13,15,18,21,24,27,30,33,35-50H2,1-5H3/p+1/b10-8-,16-14-,19-17-,22-20-,26-25-,29-28-,31-23-,34-32-. The summed E-state index contributed by atoms with van der Waals surface area (Å²) in [5.74, 6) is -2.07. The van der Waals surface area contributed by atoms with E-state index in [1.807, 2.05) is 21.1 Å². The summed E-state index contributed by atoms with van der Waals surface area (Å²) < 4.78 is 22.7. The number of carboxylic acid groups (broad SMARTS) is 1. The molecule has 0 aliphatic heterocycles. The minimum atomic E-state index is -1.53. The van der Waals surface area contributed by atoms with Gasteiger partial charge in [-0.1, -0.05) is 162 Å². The predicted molar refractivity (Wildman–Crippen MR) is 267 cm³/mol. The third kappa shape index (κ3) is 46.2. The van der Waals surface area contributed by atoms with E-state index in [0.29, 0.717) is 17.4 Å². The molecule has 0 aromatic carbocycles. The Morgan fingerprint density at radius 1 is 0.484 bits per heavy atom. The molecular weight excluding hydrogens is 803 g/mol. The number of hydrogen-bond acceptors (Lipinski definition) is 7. The molecule has 0 aliphatic carbocycles. The van der Waals surface area contributed by atoms with Gasteiger partial charge in [-0.05, 0) is 96.3 Å². The molecule has 1 N–H and O–H groups in total. The number of likely N-dealkylation sites (N-methyl/N-ethyl adjacent to an activating group) is 1. The van der Waals surface area contributed by atoms with Crippen LogP contribution in [0.5, 0.6) is 0 Å². The molecule has 0 amide bonds. The zero-order valence-electron chi connectivity index (χ0n) is 41.2. The first-order valence-electron chi connectivity index (χ1n) is 24.9. The summed E-state index contributed by atoms with van der Waals surface area (Å²) in [5, 5.41) is 9.66. The van der Waals surface area contributed by atoms with Gasteiger partial charge >= 0.3 is 17.9 Å².